The Kier molecular flexibility index (Phi) is 10.3. The highest BCUT2D eigenvalue weighted by molar-refractivity contribution is 6.30. The first-order valence-electron chi connectivity index (χ1n) is 14.6. The van der Waals surface area contributed by atoms with Crippen molar-refractivity contribution in [3.63, 3.8) is 0 Å². The molecule has 2 aliphatic rings. The molecule has 3 aromatic carbocycles. The fourth-order valence-electron chi connectivity index (χ4n) is 5.81. The lowest BCUT2D eigenvalue weighted by atomic mass is 9.88. The molecule has 41 heavy (non-hydrogen) atoms. The van der Waals surface area contributed by atoms with Gasteiger partial charge < -0.3 is 25.2 Å². The van der Waals surface area contributed by atoms with Gasteiger partial charge >= 0.3 is 6.09 Å². The standard InChI is InChI=1S/C33H39ClN4O3/c34-29-11-12-30(26-9-5-2-6-10-26)28(23-29)15-20-37-18-13-27(14-19-37)31(32(39)38-21-16-35-17-22-38)36-33(40)41-24-25-7-3-1-4-8-25/h1-12,23,27,31,35H,13-22,24H2,(H,36,40)/t31-/m1/s1. The molecule has 7 nitrogen and oxygen atoms in total. The van der Waals surface area contributed by atoms with E-state index in [1.807, 2.05) is 47.4 Å². The third kappa shape index (κ3) is 8.09. The third-order valence-electron chi connectivity index (χ3n) is 8.13. The second kappa shape index (κ2) is 14.5. The van der Waals surface area contributed by atoms with Crippen molar-refractivity contribution in [1.29, 1.82) is 0 Å². The van der Waals surface area contributed by atoms with Crippen LogP contribution in [0.2, 0.25) is 5.02 Å². The third-order valence-corrected chi connectivity index (χ3v) is 8.37. The fraction of sp³-hybridized carbons (Fsp3) is 0.394. The van der Waals surface area contributed by atoms with Crippen LogP contribution in [0.25, 0.3) is 11.1 Å². The molecule has 0 bridgehead atoms. The van der Waals surface area contributed by atoms with Crippen LogP contribution in [-0.4, -0.2) is 73.7 Å². The van der Waals surface area contributed by atoms with E-state index >= 15 is 0 Å². The van der Waals surface area contributed by atoms with Gasteiger partial charge in [-0.25, -0.2) is 4.79 Å². The Labute approximate surface area is 247 Å². The number of carbonyl (C=O) groups excluding carboxylic acids is 2. The van der Waals surface area contributed by atoms with Gasteiger partial charge in [-0.1, -0.05) is 78.3 Å². The van der Waals surface area contributed by atoms with E-state index in [2.05, 4.69) is 51.9 Å². The molecular weight excluding hydrogens is 536 g/mol. The zero-order valence-corrected chi connectivity index (χ0v) is 24.2. The normalized spacial score (nSPS) is 17.1. The summed E-state index contributed by atoms with van der Waals surface area (Å²) in [7, 11) is 0. The largest absolute Gasteiger partial charge is 0.445 e. The number of nitrogens with zero attached hydrogens (tertiary/aromatic N) is 2. The van der Waals surface area contributed by atoms with Gasteiger partial charge in [-0.2, -0.15) is 0 Å². The maximum absolute atomic E-state index is 13.6. The lowest BCUT2D eigenvalue weighted by Crippen LogP contribution is -2.57. The predicted octanol–water partition coefficient (Wildman–Crippen LogP) is 4.99. The van der Waals surface area contributed by atoms with Crippen molar-refractivity contribution >= 4 is 23.6 Å². The number of piperidine rings is 1. The van der Waals surface area contributed by atoms with Gasteiger partial charge in [-0.05, 0) is 72.7 Å². The minimum Gasteiger partial charge on any atom is -0.445 e. The van der Waals surface area contributed by atoms with Crippen LogP contribution in [0.3, 0.4) is 0 Å². The molecule has 0 unspecified atom stereocenters. The zero-order valence-electron chi connectivity index (χ0n) is 23.4. The number of halogens is 1. The van der Waals surface area contributed by atoms with Crippen molar-refractivity contribution in [2.75, 3.05) is 45.8 Å². The van der Waals surface area contributed by atoms with Crippen molar-refractivity contribution in [3.05, 3.63) is 95.0 Å². The van der Waals surface area contributed by atoms with Crippen LogP contribution in [0.15, 0.2) is 78.9 Å². The molecule has 0 aliphatic carbocycles. The zero-order chi connectivity index (χ0) is 28.4. The first-order chi connectivity index (χ1) is 20.1. The van der Waals surface area contributed by atoms with E-state index in [1.54, 1.807) is 0 Å². The van der Waals surface area contributed by atoms with E-state index < -0.39 is 12.1 Å². The SMILES string of the molecule is O=C(N[C@@H](C(=O)N1CCNCC1)C1CCN(CCc2cc(Cl)ccc2-c2ccccc2)CC1)OCc1ccccc1. The van der Waals surface area contributed by atoms with Crippen molar-refractivity contribution in [1.82, 2.24) is 20.4 Å². The number of nitrogens with one attached hydrogen (secondary N) is 2. The summed E-state index contributed by atoms with van der Waals surface area (Å²) in [5, 5.41) is 7.00. The molecule has 216 valence electrons. The van der Waals surface area contributed by atoms with Crippen LogP contribution in [0.5, 0.6) is 0 Å². The van der Waals surface area contributed by atoms with Crippen LogP contribution in [0.4, 0.5) is 4.79 Å². The molecule has 3 aromatic rings. The van der Waals surface area contributed by atoms with Crippen molar-refractivity contribution in [3.8, 4) is 11.1 Å². The van der Waals surface area contributed by atoms with Crippen LogP contribution < -0.4 is 10.6 Å². The second-order valence-electron chi connectivity index (χ2n) is 10.9. The number of ether oxygens (including phenoxy) is 1. The summed E-state index contributed by atoms with van der Waals surface area (Å²) >= 11 is 6.37. The molecule has 2 amide bonds. The molecule has 0 aromatic heterocycles. The van der Waals surface area contributed by atoms with E-state index in [9.17, 15) is 9.59 Å². The summed E-state index contributed by atoms with van der Waals surface area (Å²) in [5.74, 6) is 0.0528. The lowest BCUT2D eigenvalue weighted by Gasteiger charge is -2.38. The lowest BCUT2D eigenvalue weighted by molar-refractivity contribution is -0.135. The summed E-state index contributed by atoms with van der Waals surface area (Å²) < 4.78 is 5.50. The van der Waals surface area contributed by atoms with Gasteiger partial charge in [-0.15, -0.1) is 0 Å². The maximum atomic E-state index is 13.6. The molecule has 0 radical (unpaired) electrons. The van der Waals surface area contributed by atoms with Gasteiger partial charge in [0.05, 0.1) is 0 Å². The van der Waals surface area contributed by atoms with Gasteiger partial charge in [0.25, 0.3) is 0 Å². The number of amides is 2. The Morgan fingerprint density at radius 3 is 2.32 bits per heavy atom. The second-order valence-corrected chi connectivity index (χ2v) is 11.3. The predicted molar refractivity (Wildman–Crippen MR) is 163 cm³/mol. The summed E-state index contributed by atoms with van der Waals surface area (Å²) in [5.41, 5.74) is 4.55. The van der Waals surface area contributed by atoms with Gasteiger partial charge in [0.1, 0.15) is 12.6 Å². The minimum absolute atomic E-state index is 0.00644. The van der Waals surface area contributed by atoms with Gasteiger partial charge in [0.15, 0.2) is 0 Å². The topological polar surface area (TPSA) is 73.9 Å². The summed E-state index contributed by atoms with van der Waals surface area (Å²) in [6, 6.07) is 25.5. The van der Waals surface area contributed by atoms with Gasteiger partial charge in [0, 0.05) is 37.7 Å². The van der Waals surface area contributed by atoms with E-state index in [-0.39, 0.29) is 18.4 Å². The van der Waals surface area contributed by atoms with E-state index in [1.165, 1.54) is 16.7 Å². The number of likely N-dealkylation sites (tertiary alicyclic amines) is 1. The smallest absolute Gasteiger partial charge is 0.408 e. The van der Waals surface area contributed by atoms with Crippen molar-refractivity contribution in [2.45, 2.75) is 31.9 Å². The molecule has 2 fully saturated rings. The fourth-order valence-corrected chi connectivity index (χ4v) is 6.01. The van der Waals surface area contributed by atoms with Crippen molar-refractivity contribution < 1.29 is 14.3 Å². The number of rotatable bonds is 9. The molecule has 1 atom stereocenters. The van der Waals surface area contributed by atoms with Crippen molar-refractivity contribution in [2.24, 2.45) is 5.92 Å². The van der Waals surface area contributed by atoms with Gasteiger partial charge in [0.2, 0.25) is 5.91 Å². The number of piperazine rings is 1. The Morgan fingerprint density at radius 2 is 1.61 bits per heavy atom. The number of benzene rings is 3. The van der Waals surface area contributed by atoms with Crippen LogP contribution >= 0.6 is 11.6 Å². The molecule has 2 aliphatic heterocycles. The van der Waals surface area contributed by atoms with Crippen LogP contribution in [0, 0.1) is 5.92 Å². The average molecular weight is 575 g/mol. The van der Waals surface area contributed by atoms with Crippen LogP contribution in [-0.2, 0) is 22.6 Å². The van der Waals surface area contributed by atoms with E-state index in [4.69, 9.17) is 16.3 Å². The van der Waals surface area contributed by atoms with E-state index in [0.29, 0.717) is 13.1 Å². The number of hydrogen-bond acceptors (Lipinski definition) is 5. The highest BCUT2D eigenvalue weighted by Gasteiger charge is 2.36. The summed E-state index contributed by atoms with van der Waals surface area (Å²) in [4.78, 5) is 30.7. The highest BCUT2D eigenvalue weighted by atomic mass is 35.5. The maximum Gasteiger partial charge on any atom is 0.408 e. The number of hydrogen-bond donors (Lipinski definition) is 2. The molecule has 2 saturated heterocycles. The van der Waals surface area contributed by atoms with E-state index in [0.717, 1.165) is 62.6 Å². The molecule has 2 N–H and O–H groups in total. The Balaban J connectivity index is 1.19. The van der Waals surface area contributed by atoms with Gasteiger partial charge in [-0.3, -0.25) is 4.79 Å². The quantitative estimate of drug-likeness (QED) is 0.377. The summed E-state index contributed by atoms with van der Waals surface area (Å²) in [6.45, 7) is 5.67. The molecule has 0 saturated carbocycles. The minimum atomic E-state index is -0.587. The molecule has 0 spiro atoms. The molecular formula is C33H39ClN4O3. The first kappa shape index (κ1) is 29.1. The summed E-state index contributed by atoms with van der Waals surface area (Å²) in [6.07, 6.45) is 2.02. The highest BCUT2D eigenvalue weighted by Crippen LogP contribution is 2.28. The average Bonchev–Trinajstić information content (AvgIpc) is 3.03. The Morgan fingerprint density at radius 1 is 0.927 bits per heavy atom. The number of alkyl carbamates (subject to hydrolysis) is 1. The molecule has 8 heteroatoms. The monoisotopic (exact) mass is 574 g/mol. The Hall–Kier alpha value is -3.39. The molecule has 5 rings (SSSR count). The van der Waals surface area contributed by atoms with Crippen LogP contribution in [0.1, 0.15) is 24.0 Å². The Bertz CT molecular complexity index is 1280. The first-order valence-corrected chi connectivity index (χ1v) is 15.0. The number of carbonyl (C=O) groups is 2. The molecule has 2 heterocycles.